The molecule has 140 valence electrons. The van der Waals surface area contributed by atoms with Crippen LogP contribution in [0.3, 0.4) is 0 Å². The lowest BCUT2D eigenvalue weighted by molar-refractivity contribution is -0.123. The van der Waals surface area contributed by atoms with E-state index < -0.39 is 6.10 Å². The van der Waals surface area contributed by atoms with Crippen LogP contribution in [0.4, 0.5) is 5.82 Å². The van der Waals surface area contributed by atoms with Crippen LogP contribution in [0.1, 0.15) is 11.7 Å². The van der Waals surface area contributed by atoms with E-state index >= 15 is 0 Å². The molecule has 3 rings (SSSR count). The van der Waals surface area contributed by atoms with Crippen molar-refractivity contribution in [2.45, 2.75) is 6.10 Å². The fraction of sp³-hybridized carbons (Fsp3) is 0.0526. The number of pyridine rings is 1. The smallest absolute Gasteiger partial charge is 0.271 e. The largest absolute Gasteiger partial charge is 0.476 e. The Hall–Kier alpha value is -1.79. The maximum Gasteiger partial charge on any atom is 0.271 e. The number of benzene rings is 2. The number of nitrogens with zero attached hydrogens (tertiary/aromatic N) is 1. The van der Waals surface area contributed by atoms with E-state index in [2.05, 4.69) is 26.2 Å². The molecular formula is C19H14BrCl3N2O2. The van der Waals surface area contributed by atoms with Crippen molar-refractivity contribution in [2.75, 3.05) is 5.32 Å². The molecule has 0 bridgehead atoms. The maximum atomic E-state index is 12.8. The Morgan fingerprint density at radius 2 is 1.59 bits per heavy atom. The summed E-state index contributed by atoms with van der Waals surface area (Å²) in [5, 5.41) is 3.81. The van der Waals surface area contributed by atoms with Crippen molar-refractivity contribution in [2.24, 2.45) is 0 Å². The Morgan fingerprint density at radius 3 is 2.19 bits per heavy atom. The lowest BCUT2D eigenvalue weighted by atomic mass is 10.1. The molecule has 4 nitrogen and oxygen atoms in total. The monoisotopic (exact) mass is 486 g/mol. The van der Waals surface area contributed by atoms with Crippen molar-refractivity contribution in [1.82, 2.24) is 4.98 Å². The zero-order valence-corrected chi connectivity index (χ0v) is 17.6. The summed E-state index contributed by atoms with van der Waals surface area (Å²) in [4.78, 5) is 16.9. The minimum atomic E-state index is -0.870. The van der Waals surface area contributed by atoms with Gasteiger partial charge < -0.3 is 10.1 Å². The second-order valence-corrected chi connectivity index (χ2v) is 7.14. The van der Waals surface area contributed by atoms with Gasteiger partial charge in [0.1, 0.15) is 11.6 Å². The normalized spacial score (nSPS) is 11.2. The van der Waals surface area contributed by atoms with Gasteiger partial charge in [-0.25, -0.2) is 4.98 Å². The van der Waals surface area contributed by atoms with Gasteiger partial charge in [-0.15, -0.1) is 12.4 Å². The number of hydrogen-bond acceptors (Lipinski definition) is 3. The molecule has 1 atom stereocenters. The second-order valence-electron chi connectivity index (χ2n) is 5.35. The molecule has 0 radical (unpaired) electrons. The summed E-state index contributed by atoms with van der Waals surface area (Å²) < 4.78 is 6.84. The van der Waals surface area contributed by atoms with Gasteiger partial charge in [-0.3, -0.25) is 4.79 Å². The molecule has 0 spiro atoms. The minimum Gasteiger partial charge on any atom is -0.476 e. The Bertz CT molecular complexity index is 888. The van der Waals surface area contributed by atoms with Gasteiger partial charge in [0.15, 0.2) is 0 Å². The van der Waals surface area contributed by atoms with Crippen molar-refractivity contribution >= 4 is 63.3 Å². The predicted molar refractivity (Wildman–Crippen MR) is 114 cm³/mol. The number of rotatable bonds is 5. The summed E-state index contributed by atoms with van der Waals surface area (Å²) in [5.41, 5.74) is 0.670. The highest BCUT2D eigenvalue weighted by Gasteiger charge is 2.23. The standard InChI is InChI=1S/C19H13BrCl2N2O2.ClH/c20-13-3-8-16(9-4-13)26-18(12-1-5-14(21)6-2-12)19(25)24-17-10-7-15(22)11-23-17;/h1-11,18H,(H,23,24,25);1H. The van der Waals surface area contributed by atoms with Crippen LogP contribution in [0.2, 0.25) is 10.0 Å². The maximum absolute atomic E-state index is 12.8. The van der Waals surface area contributed by atoms with Gasteiger partial charge in [-0.05, 0) is 48.5 Å². The number of nitrogens with one attached hydrogen (secondary N) is 1. The van der Waals surface area contributed by atoms with Gasteiger partial charge >= 0.3 is 0 Å². The van der Waals surface area contributed by atoms with E-state index in [1.165, 1.54) is 6.20 Å². The van der Waals surface area contributed by atoms with Crippen LogP contribution in [0, 0.1) is 0 Å². The summed E-state index contributed by atoms with van der Waals surface area (Å²) in [7, 11) is 0. The molecule has 1 heterocycles. The van der Waals surface area contributed by atoms with E-state index in [1.54, 1.807) is 48.5 Å². The van der Waals surface area contributed by atoms with E-state index in [0.717, 1.165) is 4.47 Å². The Labute approximate surface area is 181 Å². The van der Waals surface area contributed by atoms with Crippen LogP contribution in [-0.4, -0.2) is 10.9 Å². The van der Waals surface area contributed by atoms with Crippen molar-refractivity contribution in [3.05, 3.63) is 86.9 Å². The first-order valence-corrected chi connectivity index (χ1v) is 9.16. The molecule has 1 unspecified atom stereocenters. The van der Waals surface area contributed by atoms with Crippen molar-refractivity contribution < 1.29 is 9.53 Å². The minimum absolute atomic E-state index is 0. The van der Waals surface area contributed by atoms with Gasteiger partial charge in [-0.1, -0.05) is 51.3 Å². The van der Waals surface area contributed by atoms with Crippen LogP contribution >= 0.6 is 51.5 Å². The summed E-state index contributed by atoms with van der Waals surface area (Å²) in [5.74, 6) is 0.593. The van der Waals surface area contributed by atoms with Crippen LogP contribution in [0.25, 0.3) is 0 Å². The number of carbonyl (C=O) groups excluding carboxylic acids is 1. The number of anilines is 1. The number of aromatic nitrogens is 1. The quantitative estimate of drug-likeness (QED) is 0.457. The van der Waals surface area contributed by atoms with E-state index in [9.17, 15) is 4.79 Å². The Balaban J connectivity index is 0.00000261. The third kappa shape index (κ3) is 6.11. The van der Waals surface area contributed by atoms with Gasteiger partial charge in [-0.2, -0.15) is 0 Å². The van der Waals surface area contributed by atoms with Crippen molar-refractivity contribution in [3.63, 3.8) is 0 Å². The number of carbonyl (C=O) groups is 1. The molecule has 3 aromatic rings. The molecule has 8 heteroatoms. The topological polar surface area (TPSA) is 51.2 Å². The second kappa shape index (κ2) is 9.95. The SMILES string of the molecule is Cl.O=C(Nc1ccc(Cl)cn1)C(Oc1ccc(Br)cc1)c1ccc(Cl)cc1. The molecule has 1 aromatic heterocycles. The number of hydrogen-bond donors (Lipinski definition) is 1. The summed E-state index contributed by atoms with van der Waals surface area (Å²) in [6, 6.07) is 17.4. The van der Waals surface area contributed by atoms with Crippen LogP contribution in [0.15, 0.2) is 71.3 Å². The van der Waals surface area contributed by atoms with E-state index in [-0.39, 0.29) is 18.3 Å². The highest BCUT2D eigenvalue weighted by molar-refractivity contribution is 9.10. The third-order valence-electron chi connectivity index (χ3n) is 3.46. The lowest BCUT2D eigenvalue weighted by Gasteiger charge is -2.19. The van der Waals surface area contributed by atoms with Gasteiger partial charge in [0.05, 0.1) is 5.02 Å². The molecule has 0 aliphatic rings. The first-order valence-electron chi connectivity index (χ1n) is 7.61. The molecule has 0 saturated heterocycles. The van der Waals surface area contributed by atoms with Crippen LogP contribution in [-0.2, 0) is 4.79 Å². The molecule has 2 aromatic carbocycles. The molecular weight excluding hydrogens is 474 g/mol. The van der Waals surface area contributed by atoms with Crippen molar-refractivity contribution in [3.8, 4) is 5.75 Å². The van der Waals surface area contributed by atoms with E-state index in [4.69, 9.17) is 27.9 Å². The first kappa shape index (κ1) is 21.5. The zero-order valence-electron chi connectivity index (χ0n) is 13.7. The first-order chi connectivity index (χ1) is 12.5. The summed E-state index contributed by atoms with van der Waals surface area (Å²) >= 11 is 15.1. The lowest BCUT2D eigenvalue weighted by Crippen LogP contribution is -2.26. The third-order valence-corrected chi connectivity index (χ3v) is 4.46. The fourth-order valence-electron chi connectivity index (χ4n) is 2.20. The molecule has 0 saturated carbocycles. The van der Waals surface area contributed by atoms with Gasteiger partial charge in [0.2, 0.25) is 6.10 Å². The number of amides is 1. The Kier molecular flexibility index (Phi) is 7.92. The zero-order chi connectivity index (χ0) is 18.5. The van der Waals surface area contributed by atoms with Gasteiger partial charge in [0.25, 0.3) is 5.91 Å². The molecule has 0 fully saturated rings. The summed E-state index contributed by atoms with van der Waals surface area (Å²) in [6.07, 6.45) is 0.593. The van der Waals surface area contributed by atoms with Crippen molar-refractivity contribution in [1.29, 1.82) is 0 Å². The molecule has 0 aliphatic carbocycles. The highest BCUT2D eigenvalue weighted by atomic mass is 79.9. The molecule has 1 amide bonds. The number of halogens is 4. The average molecular weight is 489 g/mol. The van der Waals surface area contributed by atoms with Gasteiger partial charge in [0, 0.05) is 21.3 Å². The van der Waals surface area contributed by atoms with E-state index in [0.29, 0.717) is 27.2 Å². The highest BCUT2D eigenvalue weighted by Crippen LogP contribution is 2.26. The fourth-order valence-corrected chi connectivity index (χ4v) is 2.70. The molecule has 1 N–H and O–H groups in total. The Morgan fingerprint density at radius 1 is 0.963 bits per heavy atom. The number of ether oxygens (including phenoxy) is 1. The summed E-state index contributed by atoms with van der Waals surface area (Å²) in [6.45, 7) is 0. The molecule has 0 aliphatic heterocycles. The average Bonchev–Trinajstić information content (AvgIpc) is 2.64. The van der Waals surface area contributed by atoms with Crippen LogP contribution < -0.4 is 10.1 Å². The molecule has 27 heavy (non-hydrogen) atoms. The van der Waals surface area contributed by atoms with Crippen LogP contribution in [0.5, 0.6) is 5.75 Å². The predicted octanol–water partition coefficient (Wildman–Crippen LogP) is 6.33. The van der Waals surface area contributed by atoms with E-state index in [1.807, 2.05) is 12.1 Å².